The van der Waals surface area contributed by atoms with Crippen molar-refractivity contribution in [1.82, 2.24) is 15.1 Å². The molecule has 6 heteroatoms. The molecular formula is C15H18N4OS. The number of aromatic nitrogens is 3. The summed E-state index contributed by atoms with van der Waals surface area (Å²) in [5.41, 5.74) is 7.46. The predicted molar refractivity (Wildman–Crippen MR) is 84.1 cm³/mol. The lowest BCUT2D eigenvalue weighted by molar-refractivity contribution is 0.362. The molecule has 21 heavy (non-hydrogen) atoms. The van der Waals surface area contributed by atoms with Crippen molar-refractivity contribution >= 4 is 21.6 Å². The van der Waals surface area contributed by atoms with Crippen molar-refractivity contribution in [3.05, 3.63) is 29.6 Å². The third kappa shape index (κ3) is 3.28. The van der Waals surface area contributed by atoms with Crippen LogP contribution in [0.25, 0.3) is 21.6 Å². The van der Waals surface area contributed by atoms with Crippen molar-refractivity contribution in [2.45, 2.75) is 26.2 Å². The predicted octanol–water partition coefficient (Wildman–Crippen LogP) is 3.26. The Morgan fingerprint density at radius 1 is 1.38 bits per heavy atom. The second-order valence-electron chi connectivity index (χ2n) is 5.26. The van der Waals surface area contributed by atoms with Gasteiger partial charge < -0.3 is 10.3 Å². The fourth-order valence-electron chi connectivity index (χ4n) is 2.24. The van der Waals surface area contributed by atoms with Gasteiger partial charge in [-0.1, -0.05) is 12.1 Å². The Balaban J connectivity index is 1.71. The number of aryl methyl sites for hydroxylation is 1. The second-order valence-corrected chi connectivity index (χ2v) is 6.21. The first kappa shape index (κ1) is 14.2. The third-order valence-corrected chi connectivity index (χ3v) is 4.39. The van der Waals surface area contributed by atoms with Gasteiger partial charge in [-0.2, -0.15) is 4.98 Å². The molecule has 3 heterocycles. The van der Waals surface area contributed by atoms with Crippen LogP contribution in [0.4, 0.5) is 0 Å². The molecular weight excluding hydrogens is 284 g/mol. The standard InChI is InChI=1S/C15H18N4OS/c1-10(4-6-16)2-3-14-18-15(19-20-14)11-8-13-12(17-9-11)5-7-21-13/h5,7-10H,2-4,6,16H2,1H3. The zero-order valence-electron chi connectivity index (χ0n) is 12.0. The van der Waals surface area contributed by atoms with E-state index in [0.29, 0.717) is 17.6 Å². The lowest BCUT2D eigenvalue weighted by atomic mass is 10.0. The number of hydrogen-bond acceptors (Lipinski definition) is 6. The van der Waals surface area contributed by atoms with Crippen LogP contribution in [0.1, 0.15) is 25.7 Å². The normalized spacial score (nSPS) is 12.9. The molecule has 1 atom stereocenters. The van der Waals surface area contributed by atoms with Crippen molar-refractivity contribution in [2.75, 3.05) is 6.54 Å². The smallest absolute Gasteiger partial charge is 0.226 e. The maximum Gasteiger partial charge on any atom is 0.226 e. The quantitative estimate of drug-likeness (QED) is 0.756. The highest BCUT2D eigenvalue weighted by Crippen LogP contribution is 2.24. The Bertz CT molecular complexity index is 721. The van der Waals surface area contributed by atoms with E-state index in [1.807, 2.05) is 11.4 Å². The summed E-state index contributed by atoms with van der Waals surface area (Å²) in [5, 5.41) is 6.09. The molecule has 0 aliphatic carbocycles. The first-order chi connectivity index (χ1) is 10.3. The highest BCUT2D eigenvalue weighted by Gasteiger charge is 2.11. The number of nitrogens with zero attached hydrogens (tertiary/aromatic N) is 3. The van der Waals surface area contributed by atoms with Gasteiger partial charge in [0.15, 0.2) is 0 Å². The highest BCUT2D eigenvalue weighted by molar-refractivity contribution is 7.17. The van der Waals surface area contributed by atoms with Crippen LogP contribution < -0.4 is 5.73 Å². The van der Waals surface area contributed by atoms with Gasteiger partial charge in [0.2, 0.25) is 11.7 Å². The van der Waals surface area contributed by atoms with Gasteiger partial charge in [0.05, 0.1) is 10.2 Å². The molecule has 0 saturated heterocycles. The molecule has 2 N–H and O–H groups in total. The van der Waals surface area contributed by atoms with Gasteiger partial charge in [-0.05, 0) is 42.8 Å². The molecule has 0 bridgehead atoms. The summed E-state index contributed by atoms with van der Waals surface area (Å²) in [4.78, 5) is 8.86. The summed E-state index contributed by atoms with van der Waals surface area (Å²) < 4.78 is 6.46. The topological polar surface area (TPSA) is 77.8 Å². The van der Waals surface area contributed by atoms with Gasteiger partial charge >= 0.3 is 0 Å². The molecule has 0 fully saturated rings. The molecule has 110 valence electrons. The van der Waals surface area contributed by atoms with Crippen LogP contribution in [0.15, 0.2) is 28.2 Å². The zero-order chi connectivity index (χ0) is 14.7. The number of hydrogen-bond donors (Lipinski definition) is 1. The zero-order valence-corrected chi connectivity index (χ0v) is 12.8. The van der Waals surface area contributed by atoms with Crippen LogP contribution in [0.2, 0.25) is 0 Å². The Labute approximate surface area is 127 Å². The fourth-order valence-corrected chi connectivity index (χ4v) is 3.02. The largest absolute Gasteiger partial charge is 0.339 e. The van der Waals surface area contributed by atoms with Gasteiger partial charge in [0.25, 0.3) is 0 Å². The Hall–Kier alpha value is -1.79. The Kier molecular flexibility index (Phi) is 4.26. The summed E-state index contributed by atoms with van der Waals surface area (Å²) in [5.74, 6) is 1.87. The van der Waals surface area contributed by atoms with Crippen molar-refractivity contribution in [1.29, 1.82) is 0 Å². The summed E-state index contributed by atoms with van der Waals surface area (Å²) in [6.45, 7) is 2.92. The van der Waals surface area contributed by atoms with E-state index in [2.05, 4.69) is 28.1 Å². The Morgan fingerprint density at radius 2 is 2.29 bits per heavy atom. The van der Waals surface area contributed by atoms with Crippen LogP contribution >= 0.6 is 11.3 Å². The van der Waals surface area contributed by atoms with Crippen LogP contribution in [-0.4, -0.2) is 21.7 Å². The molecule has 0 saturated carbocycles. The molecule has 0 aliphatic rings. The minimum Gasteiger partial charge on any atom is -0.339 e. The molecule has 0 radical (unpaired) electrons. The van der Waals surface area contributed by atoms with Crippen LogP contribution in [0, 0.1) is 5.92 Å². The van der Waals surface area contributed by atoms with Crippen LogP contribution in [0.5, 0.6) is 0 Å². The maximum absolute atomic E-state index is 5.56. The van der Waals surface area contributed by atoms with E-state index < -0.39 is 0 Å². The third-order valence-electron chi connectivity index (χ3n) is 3.54. The average molecular weight is 302 g/mol. The number of thiophene rings is 1. The molecule has 5 nitrogen and oxygen atoms in total. The monoisotopic (exact) mass is 302 g/mol. The SMILES string of the molecule is CC(CCN)CCc1nc(-c2cnc3ccsc3c2)no1. The summed E-state index contributed by atoms with van der Waals surface area (Å²) in [6.07, 6.45) is 4.63. The van der Waals surface area contributed by atoms with Crippen LogP contribution in [-0.2, 0) is 6.42 Å². The highest BCUT2D eigenvalue weighted by atomic mass is 32.1. The van der Waals surface area contributed by atoms with Crippen LogP contribution in [0.3, 0.4) is 0 Å². The van der Waals surface area contributed by atoms with Crippen molar-refractivity contribution in [2.24, 2.45) is 11.7 Å². The first-order valence-electron chi connectivity index (χ1n) is 7.12. The molecule has 0 amide bonds. The summed E-state index contributed by atoms with van der Waals surface area (Å²) in [6, 6.07) is 4.06. The number of fused-ring (bicyclic) bond motifs is 1. The second kappa shape index (κ2) is 6.32. The van der Waals surface area contributed by atoms with E-state index in [1.165, 1.54) is 0 Å². The molecule has 3 rings (SSSR count). The molecule has 3 aromatic rings. The molecule has 1 unspecified atom stereocenters. The molecule has 3 aromatic heterocycles. The van der Waals surface area contributed by atoms with Gasteiger partial charge in [-0.15, -0.1) is 11.3 Å². The van der Waals surface area contributed by atoms with Gasteiger partial charge in [-0.25, -0.2) is 0 Å². The van der Waals surface area contributed by atoms with Crippen molar-refractivity contribution in [3.8, 4) is 11.4 Å². The number of pyridine rings is 1. The van der Waals surface area contributed by atoms with E-state index in [-0.39, 0.29) is 0 Å². The number of rotatable bonds is 6. The van der Waals surface area contributed by atoms with E-state index in [0.717, 1.165) is 41.6 Å². The molecule has 0 aliphatic heterocycles. The molecule has 0 spiro atoms. The van der Waals surface area contributed by atoms with E-state index in [9.17, 15) is 0 Å². The van der Waals surface area contributed by atoms with E-state index in [4.69, 9.17) is 10.3 Å². The first-order valence-corrected chi connectivity index (χ1v) is 8.00. The van der Waals surface area contributed by atoms with Gasteiger partial charge in [0.1, 0.15) is 0 Å². The van der Waals surface area contributed by atoms with E-state index in [1.54, 1.807) is 17.5 Å². The minimum absolute atomic E-state index is 0.578. The average Bonchev–Trinajstić information content (AvgIpc) is 3.13. The summed E-state index contributed by atoms with van der Waals surface area (Å²) in [7, 11) is 0. The fraction of sp³-hybridized carbons (Fsp3) is 0.400. The maximum atomic E-state index is 5.56. The number of nitrogens with two attached hydrogens (primary N) is 1. The van der Waals surface area contributed by atoms with Gasteiger partial charge in [0, 0.05) is 18.2 Å². The lowest BCUT2D eigenvalue weighted by Crippen LogP contribution is -2.06. The molecule has 0 aromatic carbocycles. The Morgan fingerprint density at radius 3 is 3.14 bits per heavy atom. The van der Waals surface area contributed by atoms with E-state index >= 15 is 0 Å². The van der Waals surface area contributed by atoms with Crippen molar-refractivity contribution < 1.29 is 4.52 Å². The summed E-state index contributed by atoms with van der Waals surface area (Å²) >= 11 is 1.66. The van der Waals surface area contributed by atoms with Gasteiger partial charge in [-0.3, -0.25) is 4.98 Å². The lowest BCUT2D eigenvalue weighted by Gasteiger charge is -2.06. The van der Waals surface area contributed by atoms with Crippen molar-refractivity contribution in [3.63, 3.8) is 0 Å². The minimum atomic E-state index is 0.578.